The Labute approximate surface area is 157 Å². The monoisotopic (exact) mass is 366 g/mol. The smallest absolute Gasteiger partial charge is 0.116 e. The number of hydrogen-bond donors (Lipinski definition) is 4. The Morgan fingerprint density at radius 3 is 2.44 bits per heavy atom. The predicted molar refractivity (Wildman–Crippen MR) is 102 cm³/mol. The SMILES string of the molecule is OCC1OC(c2cccc(-c3ccc4cc(O)ccc4c3)c2)CC(O)C1O. The van der Waals surface area contributed by atoms with Crippen LogP contribution in [0.3, 0.4) is 0 Å². The molecule has 0 radical (unpaired) electrons. The van der Waals surface area contributed by atoms with Crippen molar-refractivity contribution >= 4 is 10.8 Å². The van der Waals surface area contributed by atoms with Gasteiger partial charge in [0.15, 0.2) is 0 Å². The first-order valence-corrected chi connectivity index (χ1v) is 9.01. The number of aromatic hydroxyl groups is 1. The zero-order valence-corrected chi connectivity index (χ0v) is 14.7. The van der Waals surface area contributed by atoms with E-state index in [9.17, 15) is 20.4 Å². The summed E-state index contributed by atoms with van der Waals surface area (Å²) in [6, 6.07) is 19.2. The number of rotatable bonds is 3. The van der Waals surface area contributed by atoms with Crippen molar-refractivity contribution in [3.63, 3.8) is 0 Å². The van der Waals surface area contributed by atoms with Gasteiger partial charge in [-0.25, -0.2) is 0 Å². The van der Waals surface area contributed by atoms with Crippen LogP contribution in [0.25, 0.3) is 21.9 Å². The van der Waals surface area contributed by atoms with Gasteiger partial charge >= 0.3 is 0 Å². The van der Waals surface area contributed by atoms with Gasteiger partial charge in [0.05, 0.1) is 18.8 Å². The van der Waals surface area contributed by atoms with Gasteiger partial charge in [0.2, 0.25) is 0 Å². The molecule has 1 fully saturated rings. The summed E-state index contributed by atoms with van der Waals surface area (Å²) in [5, 5.41) is 41.0. The van der Waals surface area contributed by atoms with Crippen LogP contribution < -0.4 is 0 Å². The summed E-state index contributed by atoms with van der Waals surface area (Å²) < 4.78 is 5.79. The quantitative estimate of drug-likeness (QED) is 0.572. The van der Waals surface area contributed by atoms with Crippen LogP contribution in [0.15, 0.2) is 60.7 Å². The van der Waals surface area contributed by atoms with Crippen LogP contribution in [0.4, 0.5) is 0 Å². The lowest BCUT2D eigenvalue weighted by molar-refractivity contribution is -0.181. The van der Waals surface area contributed by atoms with Crippen LogP contribution in [0.2, 0.25) is 0 Å². The van der Waals surface area contributed by atoms with E-state index in [-0.39, 0.29) is 18.8 Å². The first-order valence-electron chi connectivity index (χ1n) is 9.01. The third kappa shape index (κ3) is 3.55. The van der Waals surface area contributed by atoms with E-state index in [1.165, 1.54) is 0 Å². The predicted octanol–water partition coefficient (Wildman–Crippen LogP) is 2.76. The van der Waals surface area contributed by atoms with E-state index in [2.05, 4.69) is 6.07 Å². The first-order chi connectivity index (χ1) is 13.0. The Bertz CT molecular complexity index is 954. The second-order valence-corrected chi connectivity index (χ2v) is 7.01. The Hall–Kier alpha value is -2.44. The fourth-order valence-corrected chi connectivity index (χ4v) is 3.65. The summed E-state index contributed by atoms with van der Waals surface area (Å²) >= 11 is 0. The minimum absolute atomic E-state index is 0.242. The number of fused-ring (bicyclic) bond motifs is 1. The highest BCUT2D eigenvalue weighted by atomic mass is 16.5. The molecule has 0 amide bonds. The van der Waals surface area contributed by atoms with Crippen molar-refractivity contribution in [2.24, 2.45) is 0 Å². The van der Waals surface area contributed by atoms with Crippen LogP contribution in [-0.4, -0.2) is 45.3 Å². The summed E-state index contributed by atoms with van der Waals surface area (Å²) in [6.45, 7) is -0.341. The molecule has 1 saturated heterocycles. The number of benzene rings is 3. The van der Waals surface area contributed by atoms with Crippen molar-refractivity contribution in [2.45, 2.75) is 30.8 Å². The number of aliphatic hydroxyl groups excluding tert-OH is 3. The second kappa shape index (κ2) is 7.29. The van der Waals surface area contributed by atoms with E-state index in [1.54, 1.807) is 12.1 Å². The van der Waals surface area contributed by atoms with E-state index >= 15 is 0 Å². The van der Waals surface area contributed by atoms with Gasteiger partial charge < -0.3 is 25.2 Å². The van der Waals surface area contributed by atoms with Crippen molar-refractivity contribution in [1.82, 2.24) is 0 Å². The van der Waals surface area contributed by atoms with Gasteiger partial charge in [0, 0.05) is 6.42 Å². The van der Waals surface area contributed by atoms with Crippen LogP contribution in [0.5, 0.6) is 5.75 Å². The summed E-state index contributed by atoms with van der Waals surface area (Å²) in [7, 11) is 0. The Morgan fingerprint density at radius 1 is 0.889 bits per heavy atom. The molecule has 27 heavy (non-hydrogen) atoms. The van der Waals surface area contributed by atoms with Gasteiger partial charge in [-0.3, -0.25) is 0 Å². The van der Waals surface area contributed by atoms with Gasteiger partial charge in [0.25, 0.3) is 0 Å². The molecule has 0 bridgehead atoms. The molecule has 0 saturated carbocycles. The standard InChI is InChI=1S/C22H22O5/c23-12-21-22(26)19(25)11-20(27-21)17-3-1-2-13(9-17)14-4-5-16-10-18(24)7-6-15(16)8-14/h1-10,19-26H,11-12H2. The first kappa shape index (κ1) is 17.9. The Balaban J connectivity index is 1.65. The lowest BCUT2D eigenvalue weighted by Gasteiger charge is -2.36. The Morgan fingerprint density at radius 2 is 1.63 bits per heavy atom. The number of ether oxygens (including phenoxy) is 1. The van der Waals surface area contributed by atoms with Crippen molar-refractivity contribution in [3.05, 3.63) is 66.2 Å². The van der Waals surface area contributed by atoms with Crippen LogP contribution in [0, 0.1) is 0 Å². The minimum Gasteiger partial charge on any atom is -0.508 e. The average molecular weight is 366 g/mol. The molecule has 1 aliphatic heterocycles. The van der Waals surface area contributed by atoms with Crippen LogP contribution in [-0.2, 0) is 4.74 Å². The summed E-state index contributed by atoms with van der Waals surface area (Å²) in [6.07, 6.45) is -2.92. The van der Waals surface area contributed by atoms with Gasteiger partial charge in [-0.2, -0.15) is 0 Å². The molecule has 4 atom stereocenters. The van der Waals surface area contributed by atoms with E-state index in [0.29, 0.717) is 0 Å². The third-order valence-corrected chi connectivity index (χ3v) is 5.17. The minimum atomic E-state index is -1.08. The molecular weight excluding hydrogens is 344 g/mol. The molecule has 0 aromatic heterocycles. The highest BCUT2D eigenvalue weighted by Crippen LogP contribution is 2.34. The maximum Gasteiger partial charge on any atom is 0.116 e. The molecule has 5 heteroatoms. The second-order valence-electron chi connectivity index (χ2n) is 7.01. The lowest BCUT2D eigenvalue weighted by atomic mass is 9.92. The largest absolute Gasteiger partial charge is 0.508 e. The number of aliphatic hydroxyl groups is 3. The molecule has 1 aliphatic rings. The maximum atomic E-state index is 10.1. The van der Waals surface area contributed by atoms with Crippen molar-refractivity contribution in [1.29, 1.82) is 0 Å². The highest BCUT2D eigenvalue weighted by Gasteiger charge is 2.36. The molecule has 0 aliphatic carbocycles. The van der Waals surface area contributed by atoms with Crippen molar-refractivity contribution < 1.29 is 25.2 Å². The summed E-state index contributed by atoms with van der Waals surface area (Å²) in [4.78, 5) is 0. The maximum absolute atomic E-state index is 10.1. The normalized spacial score (nSPS) is 25.6. The number of phenolic OH excluding ortho intramolecular Hbond substituents is 1. The molecule has 4 unspecified atom stereocenters. The fraction of sp³-hybridized carbons (Fsp3) is 0.273. The summed E-state index contributed by atoms with van der Waals surface area (Å²) in [5.74, 6) is 0.242. The fourth-order valence-electron chi connectivity index (χ4n) is 3.65. The number of hydrogen-bond acceptors (Lipinski definition) is 5. The molecule has 140 valence electrons. The molecule has 0 spiro atoms. The molecule has 1 heterocycles. The number of phenols is 1. The van der Waals surface area contributed by atoms with Crippen molar-refractivity contribution in [3.8, 4) is 16.9 Å². The highest BCUT2D eigenvalue weighted by molar-refractivity contribution is 5.88. The van der Waals surface area contributed by atoms with E-state index in [1.807, 2.05) is 42.5 Å². The van der Waals surface area contributed by atoms with Gasteiger partial charge in [0.1, 0.15) is 18.0 Å². The molecule has 5 nitrogen and oxygen atoms in total. The molecule has 4 N–H and O–H groups in total. The molecule has 3 aromatic rings. The molecular formula is C22H22O5. The van der Waals surface area contributed by atoms with Crippen LogP contribution >= 0.6 is 0 Å². The van der Waals surface area contributed by atoms with Gasteiger partial charge in [-0.1, -0.05) is 36.4 Å². The molecule has 3 aromatic carbocycles. The lowest BCUT2D eigenvalue weighted by Crippen LogP contribution is -2.47. The third-order valence-electron chi connectivity index (χ3n) is 5.17. The topological polar surface area (TPSA) is 90.2 Å². The van der Waals surface area contributed by atoms with E-state index in [0.717, 1.165) is 27.5 Å². The molecule has 4 rings (SSSR count). The van der Waals surface area contributed by atoms with Gasteiger partial charge in [-0.05, 0) is 51.7 Å². The average Bonchev–Trinajstić information content (AvgIpc) is 2.69. The zero-order chi connectivity index (χ0) is 19.0. The van der Waals surface area contributed by atoms with E-state index < -0.39 is 24.4 Å². The zero-order valence-electron chi connectivity index (χ0n) is 14.7. The summed E-state index contributed by atoms with van der Waals surface area (Å²) in [5.41, 5.74) is 2.93. The van der Waals surface area contributed by atoms with Crippen molar-refractivity contribution in [2.75, 3.05) is 6.61 Å². The van der Waals surface area contributed by atoms with E-state index in [4.69, 9.17) is 4.74 Å². The van der Waals surface area contributed by atoms with Crippen LogP contribution in [0.1, 0.15) is 18.1 Å². The Kier molecular flexibility index (Phi) is 4.85. The van der Waals surface area contributed by atoms with Gasteiger partial charge in [-0.15, -0.1) is 0 Å².